The van der Waals surface area contributed by atoms with Crippen LogP contribution in [-0.4, -0.2) is 15.7 Å². The second-order valence-corrected chi connectivity index (χ2v) is 9.35. The molecule has 0 aliphatic carbocycles. The van der Waals surface area contributed by atoms with Gasteiger partial charge in [-0.25, -0.2) is 14.4 Å². The normalized spacial score (nSPS) is 18.3. The number of rotatable bonds is 3. The smallest absolute Gasteiger partial charge is 0.227 e. The summed E-state index contributed by atoms with van der Waals surface area (Å²) in [6, 6.07) is 11.5. The number of hydrogen-bond acceptors (Lipinski definition) is 4. The van der Waals surface area contributed by atoms with Gasteiger partial charge < -0.3 is 5.32 Å². The molecule has 3 aromatic rings. The number of nitrogens with one attached hydrogen (secondary N) is 1. The zero-order valence-corrected chi connectivity index (χ0v) is 18.0. The Kier molecular flexibility index (Phi) is 6.47. The Morgan fingerprint density at radius 2 is 1.82 bits per heavy atom. The molecule has 0 amide bonds. The minimum absolute atomic E-state index is 0.304. The second-order valence-electron chi connectivity index (χ2n) is 7.18. The molecule has 1 aliphatic heterocycles. The molecule has 0 bridgehead atoms. The van der Waals surface area contributed by atoms with Gasteiger partial charge in [0.05, 0.1) is 5.52 Å². The standard InChI is InChI=1S/C22H23BrFN3S/c23-19-13-17(24)12-16-14-25-22(27-21(16)19)26-18-9-7-15(8-10-18)20-6-4-2-1-3-5-11-28-20/h7-10,12-14,20H,1-6,11H2,(H,25,26,27). The molecule has 6 heteroatoms. The highest BCUT2D eigenvalue weighted by Crippen LogP contribution is 2.36. The number of anilines is 2. The largest absolute Gasteiger partial charge is 0.324 e. The number of hydrogen-bond donors (Lipinski definition) is 1. The Balaban J connectivity index is 1.49. The predicted octanol–water partition coefficient (Wildman–Crippen LogP) is 7.40. The molecule has 1 N–H and O–H groups in total. The predicted molar refractivity (Wildman–Crippen MR) is 120 cm³/mol. The molecule has 146 valence electrons. The van der Waals surface area contributed by atoms with Crippen LogP contribution in [-0.2, 0) is 0 Å². The van der Waals surface area contributed by atoms with Crippen molar-refractivity contribution in [3.05, 3.63) is 58.4 Å². The van der Waals surface area contributed by atoms with Gasteiger partial charge in [-0.3, -0.25) is 0 Å². The molecule has 0 spiro atoms. The Labute approximate surface area is 177 Å². The molecule has 1 saturated heterocycles. The van der Waals surface area contributed by atoms with E-state index in [2.05, 4.69) is 67.2 Å². The molecule has 28 heavy (non-hydrogen) atoms. The van der Waals surface area contributed by atoms with E-state index in [-0.39, 0.29) is 5.82 Å². The lowest BCUT2D eigenvalue weighted by atomic mass is 10.0. The van der Waals surface area contributed by atoms with Gasteiger partial charge >= 0.3 is 0 Å². The van der Waals surface area contributed by atoms with E-state index in [4.69, 9.17) is 0 Å². The molecule has 3 nitrogen and oxygen atoms in total. The Hall–Kier alpha value is -1.66. The zero-order chi connectivity index (χ0) is 19.3. The number of halogens is 2. The maximum Gasteiger partial charge on any atom is 0.227 e. The molecule has 2 aromatic carbocycles. The highest BCUT2D eigenvalue weighted by Gasteiger charge is 2.13. The van der Waals surface area contributed by atoms with E-state index in [1.165, 1.54) is 62.0 Å². The van der Waals surface area contributed by atoms with E-state index in [0.717, 1.165) is 5.69 Å². The second kappa shape index (κ2) is 9.23. The van der Waals surface area contributed by atoms with E-state index < -0.39 is 0 Å². The molecule has 2 heterocycles. The number of aromatic nitrogens is 2. The number of fused-ring (bicyclic) bond motifs is 1. The van der Waals surface area contributed by atoms with Crippen LogP contribution in [0.1, 0.15) is 49.3 Å². The highest BCUT2D eigenvalue weighted by atomic mass is 79.9. The van der Waals surface area contributed by atoms with Crippen LogP contribution in [0.2, 0.25) is 0 Å². The number of nitrogens with zero attached hydrogens (tertiary/aromatic N) is 2. The topological polar surface area (TPSA) is 37.8 Å². The number of benzene rings is 2. The fourth-order valence-corrected chi connectivity index (χ4v) is 5.45. The van der Waals surface area contributed by atoms with Crippen molar-refractivity contribution in [3.63, 3.8) is 0 Å². The van der Waals surface area contributed by atoms with Crippen LogP contribution >= 0.6 is 27.7 Å². The van der Waals surface area contributed by atoms with Crippen LogP contribution in [0, 0.1) is 5.82 Å². The van der Waals surface area contributed by atoms with Gasteiger partial charge in [-0.1, -0.05) is 37.8 Å². The van der Waals surface area contributed by atoms with Crippen LogP contribution in [0.5, 0.6) is 0 Å². The van der Waals surface area contributed by atoms with Gasteiger partial charge in [-0.2, -0.15) is 11.8 Å². The van der Waals surface area contributed by atoms with E-state index in [1.807, 2.05) is 0 Å². The third-order valence-corrected chi connectivity index (χ3v) is 7.11. The van der Waals surface area contributed by atoms with E-state index >= 15 is 0 Å². The Morgan fingerprint density at radius 3 is 2.68 bits per heavy atom. The van der Waals surface area contributed by atoms with Crippen LogP contribution < -0.4 is 5.32 Å². The fourth-order valence-electron chi connectivity index (χ4n) is 3.57. The van der Waals surface area contributed by atoms with Crippen molar-refractivity contribution in [2.45, 2.75) is 43.8 Å². The summed E-state index contributed by atoms with van der Waals surface area (Å²) >= 11 is 5.47. The molecule has 1 aliphatic rings. The van der Waals surface area contributed by atoms with Gasteiger partial charge in [0.1, 0.15) is 5.82 Å². The summed E-state index contributed by atoms with van der Waals surface area (Å²) in [4.78, 5) is 8.83. The third kappa shape index (κ3) is 4.84. The van der Waals surface area contributed by atoms with Crippen molar-refractivity contribution in [2.75, 3.05) is 11.1 Å². The quantitative estimate of drug-likeness (QED) is 0.442. The Bertz CT molecular complexity index is 938. The minimum Gasteiger partial charge on any atom is -0.324 e. The van der Waals surface area contributed by atoms with Gasteiger partial charge in [0.2, 0.25) is 5.95 Å². The average molecular weight is 460 g/mol. The van der Waals surface area contributed by atoms with E-state index in [0.29, 0.717) is 26.6 Å². The molecule has 4 rings (SSSR count). The van der Waals surface area contributed by atoms with Crippen LogP contribution in [0.3, 0.4) is 0 Å². The Morgan fingerprint density at radius 1 is 1.04 bits per heavy atom. The first-order chi connectivity index (χ1) is 13.7. The van der Waals surface area contributed by atoms with Gasteiger partial charge in [-0.05, 0) is 64.4 Å². The summed E-state index contributed by atoms with van der Waals surface area (Å²) in [5, 5.41) is 4.52. The zero-order valence-electron chi connectivity index (χ0n) is 15.6. The first-order valence-electron chi connectivity index (χ1n) is 9.79. The molecule has 0 saturated carbocycles. The molecular formula is C22H23BrFN3S. The summed E-state index contributed by atoms with van der Waals surface area (Å²) in [6.07, 6.45) is 9.66. The maximum atomic E-state index is 13.5. The summed E-state index contributed by atoms with van der Waals surface area (Å²) < 4.78 is 14.1. The number of thioether (sulfide) groups is 1. The van der Waals surface area contributed by atoms with Gasteiger partial charge in [0.15, 0.2) is 0 Å². The van der Waals surface area contributed by atoms with Crippen LogP contribution in [0.4, 0.5) is 16.0 Å². The summed E-state index contributed by atoms with van der Waals surface area (Å²) in [7, 11) is 0. The molecule has 1 unspecified atom stereocenters. The van der Waals surface area contributed by atoms with Gasteiger partial charge in [0.25, 0.3) is 0 Å². The average Bonchev–Trinajstić information content (AvgIpc) is 2.83. The molecule has 1 aromatic heterocycles. The summed E-state index contributed by atoms with van der Waals surface area (Å²) in [6.45, 7) is 0. The SMILES string of the molecule is Fc1cc(Br)c2nc(Nc3ccc(C4CCCCCCCS4)cc3)ncc2c1. The lowest BCUT2D eigenvalue weighted by Crippen LogP contribution is -1.99. The monoisotopic (exact) mass is 459 g/mol. The molecule has 1 atom stereocenters. The van der Waals surface area contributed by atoms with Crippen molar-refractivity contribution >= 4 is 50.2 Å². The lowest BCUT2D eigenvalue weighted by Gasteiger charge is -2.16. The van der Waals surface area contributed by atoms with Crippen LogP contribution in [0.15, 0.2) is 47.1 Å². The first kappa shape index (κ1) is 19.6. The highest BCUT2D eigenvalue weighted by molar-refractivity contribution is 9.10. The summed E-state index contributed by atoms with van der Waals surface area (Å²) in [5.74, 6) is 1.46. The fraction of sp³-hybridized carbons (Fsp3) is 0.364. The van der Waals surface area contributed by atoms with E-state index in [9.17, 15) is 4.39 Å². The lowest BCUT2D eigenvalue weighted by molar-refractivity contribution is 0.615. The molecule has 0 radical (unpaired) electrons. The molecular weight excluding hydrogens is 437 g/mol. The van der Waals surface area contributed by atoms with Crippen molar-refractivity contribution < 1.29 is 4.39 Å². The van der Waals surface area contributed by atoms with Gasteiger partial charge in [0, 0.05) is 27.0 Å². The van der Waals surface area contributed by atoms with Crippen molar-refractivity contribution in [3.8, 4) is 0 Å². The molecule has 1 fully saturated rings. The maximum absolute atomic E-state index is 13.5. The van der Waals surface area contributed by atoms with Crippen molar-refractivity contribution in [1.82, 2.24) is 9.97 Å². The van der Waals surface area contributed by atoms with Crippen molar-refractivity contribution in [2.24, 2.45) is 0 Å². The van der Waals surface area contributed by atoms with Crippen molar-refractivity contribution in [1.29, 1.82) is 0 Å². The third-order valence-electron chi connectivity index (χ3n) is 5.07. The van der Waals surface area contributed by atoms with Crippen LogP contribution in [0.25, 0.3) is 10.9 Å². The first-order valence-corrected chi connectivity index (χ1v) is 11.6. The van der Waals surface area contributed by atoms with E-state index in [1.54, 1.807) is 6.20 Å². The summed E-state index contributed by atoms with van der Waals surface area (Å²) in [5.41, 5.74) is 3.04. The van der Waals surface area contributed by atoms with Gasteiger partial charge in [-0.15, -0.1) is 0 Å². The minimum atomic E-state index is -0.304.